The first kappa shape index (κ1) is 22.1. The fourth-order valence-electron chi connectivity index (χ4n) is 3.28. The molecule has 1 unspecified atom stereocenters. The number of carbonyl (C=O) groups is 1. The summed E-state index contributed by atoms with van der Waals surface area (Å²) in [7, 11) is 1.41. The summed E-state index contributed by atoms with van der Waals surface area (Å²) in [5, 5.41) is 13.6. The molecule has 0 aliphatic rings. The van der Waals surface area contributed by atoms with E-state index < -0.39 is 11.9 Å². The predicted molar refractivity (Wildman–Crippen MR) is 117 cm³/mol. The zero-order valence-electron chi connectivity index (χ0n) is 17.9. The van der Waals surface area contributed by atoms with E-state index in [0.29, 0.717) is 35.2 Å². The molecule has 0 saturated carbocycles. The largest absolute Gasteiger partial charge is 0.487 e. The van der Waals surface area contributed by atoms with Crippen LogP contribution in [0.15, 0.2) is 64.2 Å². The molecule has 0 amide bonds. The number of rotatable bonds is 10. The maximum atomic E-state index is 11.9. The highest BCUT2D eigenvalue weighted by atomic mass is 16.6. The smallest absolute Gasteiger partial charge is 0.312 e. The lowest BCUT2D eigenvalue weighted by molar-refractivity contribution is -0.139. The first-order chi connectivity index (χ1) is 15.0. The molecule has 0 bridgehead atoms. The van der Waals surface area contributed by atoms with Crippen molar-refractivity contribution in [1.82, 2.24) is 4.98 Å². The fourth-order valence-corrected chi connectivity index (χ4v) is 3.28. The lowest BCUT2D eigenvalue weighted by Gasteiger charge is -2.16. The lowest BCUT2D eigenvalue weighted by atomic mass is 9.93. The topological polar surface area (TPSA) is 94.2 Å². The molecule has 1 aromatic heterocycles. The highest BCUT2D eigenvalue weighted by Gasteiger charge is 2.25. The SMILES string of the molecule is CC/C(=N\OC)C(Cc1ccccc1OCc1nc(-c2ccccc2)oc1C)C(=O)O. The molecular formula is C24H26N2O5. The number of carboxylic acid groups (broad SMARTS) is 1. The Morgan fingerprint density at radius 3 is 2.55 bits per heavy atom. The Balaban J connectivity index is 1.78. The number of aliphatic carboxylic acids is 1. The van der Waals surface area contributed by atoms with Crippen LogP contribution >= 0.6 is 0 Å². The molecule has 0 radical (unpaired) electrons. The van der Waals surface area contributed by atoms with E-state index in [1.54, 1.807) is 0 Å². The molecule has 0 aliphatic carbocycles. The first-order valence-corrected chi connectivity index (χ1v) is 10.1. The van der Waals surface area contributed by atoms with Gasteiger partial charge in [0, 0.05) is 5.56 Å². The Kier molecular flexibility index (Phi) is 7.43. The summed E-state index contributed by atoms with van der Waals surface area (Å²) in [6, 6.07) is 17.0. The minimum Gasteiger partial charge on any atom is -0.487 e. The molecule has 7 nitrogen and oxygen atoms in total. The average Bonchev–Trinajstić information content (AvgIpc) is 3.16. The second kappa shape index (κ2) is 10.4. The molecule has 1 heterocycles. The number of para-hydroxylation sites is 1. The Hall–Kier alpha value is -3.61. The molecule has 7 heteroatoms. The van der Waals surface area contributed by atoms with E-state index >= 15 is 0 Å². The summed E-state index contributed by atoms with van der Waals surface area (Å²) < 4.78 is 11.8. The minimum absolute atomic E-state index is 0.212. The minimum atomic E-state index is -0.952. The maximum absolute atomic E-state index is 11.9. The lowest BCUT2D eigenvalue weighted by Crippen LogP contribution is -2.26. The molecule has 0 aliphatic heterocycles. The van der Waals surface area contributed by atoms with Crippen molar-refractivity contribution in [2.24, 2.45) is 11.1 Å². The van der Waals surface area contributed by atoms with Crippen LogP contribution in [0.1, 0.15) is 30.4 Å². The van der Waals surface area contributed by atoms with Crippen LogP contribution in [0, 0.1) is 12.8 Å². The van der Waals surface area contributed by atoms with Gasteiger partial charge in [-0.25, -0.2) is 4.98 Å². The van der Waals surface area contributed by atoms with Crippen molar-refractivity contribution in [3.8, 4) is 17.2 Å². The highest BCUT2D eigenvalue weighted by molar-refractivity contribution is 6.01. The van der Waals surface area contributed by atoms with Gasteiger partial charge in [0.25, 0.3) is 0 Å². The van der Waals surface area contributed by atoms with Crippen molar-refractivity contribution in [3.05, 3.63) is 71.6 Å². The van der Waals surface area contributed by atoms with Crippen LogP contribution < -0.4 is 4.74 Å². The van der Waals surface area contributed by atoms with Gasteiger partial charge in [-0.3, -0.25) is 4.79 Å². The standard InChI is InChI=1S/C24H26N2O5/c1-4-20(26-29-3)19(24(27)28)14-18-12-8-9-13-22(18)30-15-21-16(2)31-23(25-21)17-10-6-5-7-11-17/h5-13,19H,4,14-15H2,1-3H3,(H,27,28)/b26-20+. The van der Waals surface area contributed by atoms with E-state index in [0.717, 1.165) is 11.1 Å². The van der Waals surface area contributed by atoms with Gasteiger partial charge in [-0.1, -0.05) is 48.5 Å². The molecular weight excluding hydrogens is 396 g/mol. The number of oxazole rings is 1. The molecule has 162 valence electrons. The Labute approximate surface area is 181 Å². The van der Waals surface area contributed by atoms with Gasteiger partial charge in [0.1, 0.15) is 36.8 Å². The third kappa shape index (κ3) is 5.51. The number of benzene rings is 2. The Bertz CT molecular complexity index is 1040. The van der Waals surface area contributed by atoms with E-state index in [9.17, 15) is 9.90 Å². The number of aromatic nitrogens is 1. The highest BCUT2D eigenvalue weighted by Crippen LogP contribution is 2.26. The summed E-state index contributed by atoms with van der Waals surface area (Å²) >= 11 is 0. The van der Waals surface area contributed by atoms with Gasteiger partial charge in [0.05, 0.1) is 5.71 Å². The number of aryl methyl sites for hydroxylation is 1. The van der Waals surface area contributed by atoms with E-state index in [2.05, 4.69) is 10.1 Å². The third-order valence-corrected chi connectivity index (χ3v) is 4.95. The predicted octanol–water partition coefficient (Wildman–Crippen LogP) is 4.88. The molecule has 1 N–H and O–H groups in total. The van der Waals surface area contributed by atoms with Gasteiger partial charge in [0.15, 0.2) is 0 Å². The van der Waals surface area contributed by atoms with Crippen molar-refractivity contribution in [2.45, 2.75) is 33.3 Å². The van der Waals surface area contributed by atoms with Crippen LogP contribution in [0.5, 0.6) is 5.75 Å². The number of carboxylic acids is 1. The van der Waals surface area contributed by atoms with Crippen molar-refractivity contribution in [1.29, 1.82) is 0 Å². The van der Waals surface area contributed by atoms with Crippen molar-refractivity contribution < 1.29 is 23.9 Å². The summed E-state index contributed by atoms with van der Waals surface area (Å²) in [5.41, 5.74) is 2.84. The number of hydrogen-bond donors (Lipinski definition) is 1. The van der Waals surface area contributed by atoms with Gasteiger partial charge in [0.2, 0.25) is 5.89 Å². The number of nitrogens with zero attached hydrogens (tertiary/aromatic N) is 2. The van der Waals surface area contributed by atoms with Gasteiger partial charge in [-0.05, 0) is 43.5 Å². The van der Waals surface area contributed by atoms with Crippen LogP contribution in [-0.4, -0.2) is 28.9 Å². The van der Waals surface area contributed by atoms with E-state index in [4.69, 9.17) is 14.0 Å². The maximum Gasteiger partial charge on any atom is 0.312 e. The quantitative estimate of drug-likeness (QED) is 0.369. The zero-order chi connectivity index (χ0) is 22.2. The number of ether oxygens (including phenoxy) is 1. The van der Waals surface area contributed by atoms with E-state index in [1.165, 1.54) is 7.11 Å². The van der Waals surface area contributed by atoms with Crippen molar-refractivity contribution in [3.63, 3.8) is 0 Å². The molecule has 3 rings (SSSR count). The molecule has 1 atom stereocenters. The summed E-state index contributed by atoms with van der Waals surface area (Å²) in [4.78, 5) is 21.2. The summed E-state index contributed by atoms with van der Waals surface area (Å²) in [6.07, 6.45) is 0.725. The van der Waals surface area contributed by atoms with Gasteiger partial charge in [-0.15, -0.1) is 0 Å². The van der Waals surface area contributed by atoms with Crippen molar-refractivity contribution in [2.75, 3.05) is 7.11 Å². The van der Waals surface area contributed by atoms with Crippen LogP contribution in [0.3, 0.4) is 0 Å². The van der Waals surface area contributed by atoms with Gasteiger partial charge >= 0.3 is 5.97 Å². The van der Waals surface area contributed by atoms with E-state index in [-0.39, 0.29) is 13.0 Å². The first-order valence-electron chi connectivity index (χ1n) is 10.1. The van der Waals surface area contributed by atoms with Crippen LogP contribution in [0.2, 0.25) is 0 Å². The van der Waals surface area contributed by atoms with E-state index in [1.807, 2.05) is 68.4 Å². The van der Waals surface area contributed by atoms with Gasteiger partial charge in [-0.2, -0.15) is 0 Å². The second-order valence-corrected chi connectivity index (χ2v) is 7.00. The number of oxime groups is 1. The van der Waals surface area contributed by atoms with Crippen LogP contribution in [0.25, 0.3) is 11.5 Å². The van der Waals surface area contributed by atoms with Crippen LogP contribution in [0.4, 0.5) is 0 Å². The normalized spacial score (nSPS) is 12.4. The monoisotopic (exact) mass is 422 g/mol. The summed E-state index contributed by atoms with van der Waals surface area (Å²) in [6.45, 7) is 3.91. The average molecular weight is 422 g/mol. The molecule has 3 aromatic rings. The molecule has 31 heavy (non-hydrogen) atoms. The molecule has 2 aromatic carbocycles. The van der Waals surface area contributed by atoms with Crippen LogP contribution in [-0.2, 0) is 22.7 Å². The Morgan fingerprint density at radius 1 is 1.16 bits per heavy atom. The molecule has 0 spiro atoms. The third-order valence-electron chi connectivity index (χ3n) is 4.95. The molecule has 0 saturated heterocycles. The number of hydrogen-bond acceptors (Lipinski definition) is 6. The zero-order valence-corrected chi connectivity index (χ0v) is 17.9. The Morgan fingerprint density at radius 2 is 1.87 bits per heavy atom. The fraction of sp³-hybridized carbons (Fsp3) is 0.292. The molecule has 0 fully saturated rings. The van der Waals surface area contributed by atoms with Crippen molar-refractivity contribution >= 4 is 11.7 Å². The van der Waals surface area contributed by atoms with Gasteiger partial charge < -0.3 is 19.1 Å². The second-order valence-electron chi connectivity index (χ2n) is 7.00. The summed E-state index contributed by atoms with van der Waals surface area (Å²) in [5.74, 6) is 0.0743.